The summed E-state index contributed by atoms with van der Waals surface area (Å²) in [6.07, 6.45) is 2.03. The maximum Gasteiger partial charge on any atom is 0.336 e. The number of nitrogens with one attached hydrogen (secondary N) is 2. The van der Waals surface area contributed by atoms with Crippen molar-refractivity contribution in [1.29, 1.82) is 0 Å². The molecule has 2 unspecified atom stereocenters. The lowest BCUT2D eigenvalue weighted by molar-refractivity contribution is -0.140. The van der Waals surface area contributed by atoms with E-state index in [9.17, 15) is 24.6 Å². The Hall–Kier alpha value is -3.34. The number of aliphatic hydroxyl groups is 1. The van der Waals surface area contributed by atoms with Gasteiger partial charge < -0.3 is 30.3 Å². The van der Waals surface area contributed by atoms with E-state index < -0.39 is 29.3 Å². The van der Waals surface area contributed by atoms with E-state index in [1.54, 1.807) is 30.3 Å². The first kappa shape index (κ1) is 32.9. The highest BCUT2D eigenvalue weighted by molar-refractivity contribution is 8.01. The Morgan fingerprint density at radius 2 is 1.73 bits per heavy atom. The van der Waals surface area contributed by atoms with E-state index in [1.807, 2.05) is 51.1 Å². The number of hydrogen-bond acceptors (Lipinski definition) is 8. The molecule has 0 heterocycles. The Bertz CT molecular complexity index is 1110. The number of aliphatic carboxylic acids is 1. The van der Waals surface area contributed by atoms with Crippen molar-refractivity contribution >= 4 is 35.4 Å². The summed E-state index contributed by atoms with van der Waals surface area (Å²) in [5.41, 5.74) is 1.54. The standard InChI is InChI=1S/C30H40N2O7S/c1-4-18-31-19-23(33)20-38-25-13-9-8-12-24(25)26(15-14-22-10-6-5-7-11-22)39-28(35)17-16-27(34)32-29(30(36)37)40-21(2)3/h5-13,15,21,23,29,31,33H,4,14,16-20H2,1-3H3,(H,32,34)(H,36,37)/b26-15-. The van der Waals surface area contributed by atoms with E-state index in [1.165, 1.54) is 0 Å². The topological polar surface area (TPSA) is 134 Å². The third-order valence-corrected chi connectivity index (χ3v) is 6.60. The molecule has 0 aliphatic heterocycles. The molecule has 0 saturated heterocycles. The average Bonchev–Trinajstić information content (AvgIpc) is 2.93. The number of amides is 1. The molecular weight excluding hydrogens is 532 g/mol. The minimum atomic E-state index is -1.15. The Morgan fingerprint density at radius 3 is 2.40 bits per heavy atom. The molecule has 0 radical (unpaired) electrons. The second kappa shape index (κ2) is 18.1. The molecule has 2 aromatic rings. The number of carbonyl (C=O) groups excluding carboxylic acids is 2. The molecule has 10 heteroatoms. The van der Waals surface area contributed by atoms with E-state index in [0.717, 1.165) is 30.3 Å². The Labute approximate surface area is 240 Å². The third-order valence-electron chi connectivity index (χ3n) is 5.46. The van der Waals surface area contributed by atoms with Crippen LogP contribution in [0, 0.1) is 0 Å². The van der Waals surface area contributed by atoms with Crippen molar-refractivity contribution in [2.45, 2.75) is 63.2 Å². The molecule has 40 heavy (non-hydrogen) atoms. The molecule has 0 saturated carbocycles. The SMILES string of the molecule is CCCNCC(O)COc1ccccc1/C(=C/Cc1ccccc1)OC(=O)CCC(=O)NC(SC(C)C)C(=O)O. The highest BCUT2D eigenvalue weighted by Crippen LogP contribution is 2.28. The summed E-state index contributed by atoms with van der Waals surface area (Å²) in [5.74, 6) is -1.64. The van der Waals surface area contributed by atoms with Crippen molar-refractivity contribution in [2.75, 3.05) is 19.7 Å². The van der Waals surface area contributed by atoms with Gasteiger partial charge >= 0.3 is 11.9 Å². The first-order valence-corrected chi connectivity index (χ1v) is 14.4. The summed E-state index contributed by atoms with van der Waals surface area (Å²) >= 11 is 1.10. The summed E-state index contributed by atoms with van der Waals surface area (Å²) in [7, 11) is 0. The van der Waals surface area contributed by atoms with Gasteiger partial charge in [-0.2, -0.15) is 0 Å². The van der Waals surface area contributed by atoms with Crippen molar-refractivity contribution in [2.24, 2.45) is 0 Å². The molecule has 2 aromatic carbocycles. The van der Waals surface area contributed by atoms with Crippen LogP contribution in [-0.4, -0.2) is 64.5 Å². The maximum atomic E-state index is 12.8. The molecule has 0 spiro atoms. The minimum Gasteiger partial charge on any atom is -0.490 e. The normalized spacial score (nSPS) is 13.0. The number of aliphatic hydroxyl groups excluding tert-OH is 1. The lowest BCUT2D eigenvalue weighted by Gasteiger charge is -2.17. The van der Waals surface area contributed by atoms with E-state index in [2.05, 4.69) is 10.6 Å². The fraction of sp³-hybridized carbons (Fsp3) is 0.433. The van der Waals surface area contributed by atoms with Gasteiger partial charge in [-0.3, -0.25) is 9.59 Å². The van der Waals surface area contributed by atoms with Gasteiger partial charge in [0.2, 0.25) is 5.91 Å². The number of benzene rings is 2. The number of rotatable bonds is 18. The van der Waals surface area contributed by atoms with Gasteiger partial charge in [0.25, 0.3) is 0 Å². The molecule has 2 rings (SSSR count). The van der Waals surface area contributed by atoms with Crippen LogP contribution in [-0.2, 0) is 25.5 Å². The number of carboxylic acids is 1. The molecule has 218 valence electrons. The molecule has 0 aromatic heterocycles. The van der Waals surface area contributed by atoms with Crippen molar-refractivity contribution in [3.05, 3.63) is 71.8 Å². The van der Waals surface area contributed by atoms with Crippen molar-refractivity contribution in [3.8, 4) is 5.75 Å². The van der Waals surface area contributed by atoms with Crippen LogP contribution in [0.5, 0.6) is 5.75 Å². The van der Waals surface area contributed by atoms with Crippen LogP contribution in [0.1, 0.15) is 51.2 Å². The van der Waals surface area contributed by atoms with E-state index in [-0.39, 0.29) is 30.5 Å². The van der Waals surface area contributed by atoms with Crippen LogP contribution in [0.25, 0.3) is 5.76 Å². The zero-order chi connectivity index (χ0) is 29.3. The second-order valence-corrected chi connectivity index (χ2v) is 11.1. The Kier molecular flexibility index (Phi) is 14.9. The molecule has 0 aliphatic rings. The van der Waals surface area contributed by atoms with Gasteiger partial charge in [0.1, 0.15) is 24.2 Å². The van der Waals surface area contributed by atoms with Crippen LogP contribution >= 0.6 is 11.8 Å². The number of para-hydroxylation sites is 1. The van der Waals surface area contributed by atoms with E-state index in [0.29, 0.717) is 24.3 Å². The lowest BCUT2D eigenvalue weighted by Crippen LogP contribution is -2.39. The van der Waals surface area contributed by atoms with Crippen molar-refractivity contribution < 1.29 is 34.1 Å². The van der Waals surface area contributed by atoms with Crippen LogP contribution < -0.4 is 15.4 Å². The summed E-state index contributed by atoms with van der Waals surface area (Å²) in [6, 6.07) is 16.7. The first-order valence-electron chi connectivity index (χ1n) is 13.4. The monoisotopic (exact) mass is 572 g/mol. The Balaban J connectivity index is 2.13. The molecule has 0 aliphatic carbocycles. The van der Waals surface area contributed by atoms with Gasteiger partial charge in [-0.1, -0.05) is 63.2 Å². The zero-order valence-electron chi connectivity index (χ0n) is 23.3. The van der Waals surface area contributed by atoms with Gasteiger partial charge in [-0.25, -0.2) is 4.79 Å². The highest BCUT2D eigenvalue weighted by atomic mass is 32.2. The van der Waals surface area contributed by atoms with Gasteiger partial charge in [-0.05, 0) is 43.2 Å². The van der Waals surface area contributed by atoms with Crippen LogP contribution in [0.15, 0.2) is 60.7 Å². The fourth-order valence-corrected chi connectivity index (χ4v) is 4.41. The van der Waals surface area contributed by atoms with Crippen LogP contribution in [0.4, 0.5) is 0 Å². The van der Waals surface area contributed by atoms with Gasteiger partial charge in [-0.15, -0.1) is 11.8 Å². The summed E-state index contributed by atoms with van der Waals surface area (Å²) in [6.45, 7) is 6.94. The molecule has 1 amide bonds. The predicted molar refractivity (Wildman–Crippen MR) is 157 cm³/mol. The quantitative estimate of drug-likeness (QED) is 0.0905. The highest BCUT2D eigenvalue weighted by Gasteiger charge is 2.23. The number of carbonyl (C=O) groups is 3. The van der Waals surface area contributed by atoms with Gasteiger partial charge in [0.05, 0.1) is 12.0 Å². The minimum absolute atomic E-state index is 0.000298. The largest absolute Gasteiger partial charge is 0.490 e. The summed E-state index contributed by atoms with van der Waals surface area (Å²) in [4.78, 5) is 36.6. The number of thioether (sulfide) groups is 1. The van der Waals surface area contributed by atoms with E-state index >= 15 is 0 Å². The van der Waals surface area contributed by atoms with Gasteiger partial charge in [0, 0.05) is 18.2 Å². The number of allylic oxidation sites excluding steroid dienone is 1. The van der Waals surface area contributed by atoms with Crippen LogP contribution in [0.3, 0.4) is 0 Å². The summed E-state index contributed by atoms with van der Waals surface area (Å²) < 4.78 is 11.6. The number of esters is 1. The fourth-order valence-electron chi connectivity index (χ4n) is 3.55. The number of hydrogen-bond donors (Lipinski definition) is 4. The van der Waals surface area contributed by atoms with Gasteiger partial charge in [0.15, 0.2) is 5.37 Å². The maximum absolute atomic E-state index is 12.8. The predicted octanol–water partition coefficient (Wildman–Crippen LogP) is 4.00. The lowest BCUT2D eigenvalue weighted by atomic mass is 10.1. The van der Waals surface area contributed by atoms with Crippen LogP contribution in [0.2, 0.25) is 0 Å². The molecule has 0 bridgehead atoms. The molecule has 2 atom stereocenters. The van der Waals surface area contributed by atoms with E-state index in [4.69, 9.17) is 9.47 Å². The smallest absolute Gasteiger partial charge is 0.336 e. The zero-order valence-corrected chi connectivity index (χ0v) is 24.1. The molecule has 4 N–H and O–H groups in total. The van der Waals surface area contributed by atoms with Crippen molar-refractivity contribution in [1.82, 2.24) is 10.6 Å². The third kappa shape index (κ3) is 12.7. The molecule has 0 fully saturated rings. The van der Waals surface area contributed by atoms with Crippen molar-refractivity contribution in [3.63, 3.8) is 0 Å². The Morgan fingerprint density at radius 1 is 1.02 bits per heavy atom. The second-order valence-electron chi connectivity index (χ2n) is 9.37. The first-order chi connectivity index (χ1) is 19.2. The molecule has 9 nitrogen and oxygen atoms in total. The average molecular weight is 573 g/mol. The number of ether oxygens (including phenoxy) is 2. The molecular formula is C30H40N2O7S. The summed E-state index contributed by atoms with van der Waals surface area (Å²) in [5, 5.41) is 24.1. The number of carboxylic acid groups (broad SMARTS) is 1.